The lowest BCUT2D eigenvalue weighted by atomic mass is 10.1. The smallest absolute Gasteiger partial charge is 0.238 e. The number of amides is 1. The van der Waals surface area contributed by atoms with Gasteiger partial charge in [-0.25, -0.2) is 0 Å². The molecule has 2 aliphatic heterocycles. The molecule has 2 saturated heterocycles. The molecule has 5 heteroatoms. The average Bonchev–Trinajstić information content (AvgIpc) is 2.83. The Balaban J connectivity index is 1.59. The minimum atomic E-state index is -0.0711. The van der Waals surface area contributed by atoms with Crippen molar-refractivity contribution in [2.75, 3.05) is 32.8 Å². The second kappa shape index (κ2) is 6.18. The van der Waals surface area contributed by atoms with Gasteiger partial charge in [0.15, 0.2) is 0 Å². The van der Waals surface area contributed by atoms with Gasteiger partial charge in [0.1, 0.15) is 0 Å². The summed E-state index contributed by atoms with van der Waals surface area (Å²) in [6.07, 6.45) is 3.59. The Morgan fingerprint density at radius 1 is 1.44 bits per heavy atom. The van der Waals surface area contributed by atoms with Crippen molar-refractivity contribution in [3.05, 3.63) is 0 Å². The first kappa shape index (κ1) is 11.8. The Labute approximate surface area is 96.3 Å². The molecule has 1 amide bonds. The van der Waals surface area contributed by atoms with Crippen LogP contribution in [0.4, 0.5) is 0 Å². The number of hydrogen-bond acceptors (Lipinski definition) is 4. The highest BCUT2D eigenvalue weighted by molar-refractivity contribution is 5.82. The van der Waals surface area contributed by atoms with Crippen LogP contribution in [0.15, 0.2) is 0 Å². The van der Waals surface area contributed by atoms with Gasteiger partial charge in [0.25, 0.3) is 0 Å². The molecule has 0 radical (unpaired) electrons. The van der Waals surface area contributed by atoms with Gasteiger partial charge in [0.05, 0.1) is 12.1 Å². The summed E-state index contributed by atoms with van der Waals surface area (Å²) in [4.78, 5) is 11.7. The van der Waals surface area contributed by atoms with E-state index in [9.17, 15) is 4.79 Å². The summed E-state index contributed by atoms with van der Waals surface area (Å²) < 4.78 is 5.50. The molecular formula is C11H21N3O2. The van der Waals surface area contributed by atoms with E-state index in [1.165, 1.54) is 0 Å². The van der Waals surface area contributed by atoms with Crippen LogP contribution >= 0.6 is 0 Å². The number of nitrogens with one attached hydrogen (secondary N) is 3. The fourth-order valence-corrected chi connectivity index (χ4v) is 2.19. The van der Waals surface area contributed by atoms with Crippen molar-refractivity contribution in [2.24, 2.45) is 0 Å². The zero-order valence-electron chi connectivity index (χ0n) is 9.63. The molecule has 0 aromatic carbocycles. The lowest BCUT2D eigenvalue weighted by Gasteiger charge is -2.23. The summed E-state index contributed by atoms with van der Waals surface area (Å²) in [5, 5.41) is 9.35. The molecule has 2 unspecified atom stereocenters. The highest BCUT2D eigenvalue weighted by atomic mass is 16.5. The van der Waals surface area contributed by atoms with Crippen LogP contribution in [0.5, 0.6) is 0 Å². The molecule has 5 nitrogen and oxygen atoms in total. The number of piperazine rings is 1. The molecule has 2 aliphatic rings. The van der Waals surface area contributed by atoms with Gasteiger partial charge in [0.2, 0.25) is 5.91 Å². The third kappa shape index (κ3) is 3.43. The van der Waals surface area contributed by atoms with Crippen molar-refractivity contribution in [3.8, 4) is 0 Å². The Morgan fingerprint density at radius 2 is 2.38 bits per heavy atom. The van der Waals surface area contributed by atoms with Crippen molar-refractivity contribution in [1.29, 1.82) is 0 Å². The van der Waals surface area contributed by atoms with Gasteiger partial charge < -0.3 is 20.7 Å². The minimum absolute atomic E-state index is 0.0711. The molecule has 92 valence electrons. The maximum Gasteiger partial charge on any atom is 0.238 e. The van der Waals surface area contributed by atoms with E-state index in [-0.39, 0.29) is 11.9 Å². The maximum absolute atomic E-state index is 11.7. The van der Waals surface area contributed by atoms with Gasteiger partial charge in [-0.3, -0.25) is 4.79 Å². The molecule has 2 atom stereocenters. The van der Waals surface area contributed by atoms with Gasteiger partial charge >= 0.3 is 0 Å². The molecule has 2 rings (SSSR count). The lowest BCUT2D eigenvalue weighted by molar-refractivity contribution is -0.123. The second-order valence-electron chi connectivity index (χ2n) is 4.43. The topological polar surface area (TPSA) is 62.4 Å². The van der Waals surface area contributed by atoms with Crippen LogP contribution in [0.1, 0.15) is 19.3 Å². The number of carbonyl (C=O) groups excluding carboxylic acids is 1. The van der Waals surface area contributed by atoms with E-state index in [1.807, 2.05) is 0 Å². The predicted molar refractivity (Wildman–Crippen MR) is 61.3 cm³/mol. The van der Waals surface area contributed by atoms with Crippen LogP contribution in [0.3, 0.4) is 0 Å². The maximum atomic E-state index is 11.7. The Morgan fingerprint density at radius 3 is 3.06 bits per heavy atom. The van der Waals surface area contributed by atoms with Crippen LogP contribution in [-0.4, -0.2) is 50.8 Å². The van der Waals surface area contributed by atoms with Crippen LogP contribution in [-0.2, 0) is 9.53 Å². The first-order valence-corrected chi connectivity index (χ1v) is 6.19. The summed E-state index contributed by atoms with van der Waals surface area (Å²) in [5.74, 6) is 0.102. The fourth-order valence-electron chi connectivity index (χ4n) is 2.19. The predicted octanol–water partition coefficient (Wildman–Crippen LogP) is -0.767. The number of rotatable bonds is 4. The standard InChI is InChI=1S/C11H21N3O2/c15-11(10-8-12-5-6-13-10)14-4-3-9-2-1-7-16-9/h9-10,12-13H,1-8H2,(H,14,15). The summed E-state index contributed by atoms with van der Waals surface area (Å²) in [5.41, 5.74) is 0. The van der Waals surface area contributed by atoms with E-state index in [4.69, 9.17) is 4.74 Å². The molecule has 0 aliphatic carbocycles. The zero-order valence-corrected chi connectivity index (χ0v) is 9.63. The fraction of sp³-hybridized carbons (Fsp3) is 0.909. The van der Waals surface area contributed by atoms with E-state index in [0.29, 0.717) is 6.10 Å². The normalized spacial score (nSPS) is 30.2. The van der Waals surface area contributed by atoms with Crippen molar-refractivity contribution in [1.82, 2.24) is 16.0 Å². The summed E-state index contributed by atoms with van der Waals surface area (Å²) in [7, 11) is 0. The summed E-state index contributed by atoms with van der Waals surface area (Å²) in [6.45, 7) is 4.14. The zero-order chi connectivity index (χ0) is 11.2. The summed E-state index contributed by atoms with van der Waals surface area (Å²) >= 11 is 0. The Kier molecular flexibility index (Phi) is 4.56. The Bertz CT molecular complexity index is 223. The van der Waals surface area contributed by atoms with Crippen molar-refractivity contribution >= 4 is 5.91 Å². The van der Waals surface area contributed by atoms with E-state index in [0.717, 1.165) is 52.0 Å². The SMILES string of the molecule is O=C(NCCC1CCCO1)C1CNCCN1. The third-order valence-corrected chi connectivity index (χ3v) is 3.15. The average molecular weight is 227 g/mol. The molecule has 2 heterocycles. The molecule has 0 aromatic rings. The van der Waals surface area contributed by atoms with Crippen molar-refractivity contribution in [3.63, 3.8) is 0 Å². The van der Waals surface area contributed by atoms with Crippen LogP contribution < -0.4 is 16.0 Å². The molecule has 16 heavy (non-hydrogen) atoms. The van der Waals surface area contributed by atoms with Crippen molar-refractivity contribution in [2.45, 2.75) is 31.4 Å². The first-order chi connectivity index (χ1) is 7.86. The minimum Gasteiger partial charge on any atom is -0.378 e. The highest BCUT2D eigenvalue weighted by Crippen LogP contribution is 2.14. The lowest BCUT2D eigenvalue weighted by Crippen LogP contribution is -2.55. The molecule has 2 fully saturated rings. The number of carbonyl (C=O) groups is 1. The molecule has 0 aromatic heterocycles. The van der Waals surface area contributed by atoms with Gasteiger partial charge in [-0.05, 0) is 19.3 Å². The third-order valence-electron chi connectivity index (χ3n) is 3.15. The Hall–Kier alpha value is -0.650. The molecule has 3 N–H and O–H groups in total. The molecule has 0 spiro atoms. The van der Waals surface area contributed by atoms with E-state index in [1.54, 1.807) is 0 Å². The van der Waals surface area contributed by atoms with Crippen LogP contribution in [0.2, 0.25) is 0 Å². The monoisotopic (exact) mass is 227 g/mol. The van der Waals surface area contributed by atoms with E-state index in [2.05, 4.69) is 16.0 Å². The van der Waals surface area contributed by atoms with Crippen molar-refractivity contribution < 1.29 is 9.53 Å². The number of hydrogen-bond donors (Lipinski definition) is 3. The van der Waals surface area contributed by atoms with Gasteiger partial charge in [-0.2, -0.15) is 0 Å². The quantitative estimate of drug-likeness (QED) is 0.590. The number of ether oxygens (including phenoxy) is 1. The van der Waals surface area contributed by atoms with Gasteiger partial charge in [-0.1, -0.05) is 0 Å². The van der Waals surface area contributed by atoms with Gasteiger partial charge in [-0.15, -0.1) is 0 Å². The van der Waals surface area contributed by atoms with Gasteiger partial charge in [0, 0.05) is 32.8 Å². The molecule has 0 bridgehead atoms. The molecular weight excluding hydrogens is 206 g/mol. The largest absolute Gasteiger partial charge is 0.378 e. The molecule has 0 saturated carbocycles. The van der Waals surface area contributed by atoms with Crippen LogP contribution in [0, 0.1) is 0 Å². The van der Waals surface area contributed by atoms with E-state index < -0.39 is 0 Å². The second-order valence-corrected chi connectivity index (χ2v) is 4.43. The first-order valence-electron chi connectivity index (χ1n) is 6.19. The highest BCUT2D eigenvalue weighted by Gasteiger charge is 2.20. The van der Waals surface area contributed by atoms with E-state index >= 15 is 0 Å². The summed E-state index contributed by atoms with van der Waals surface area (Å²) in [6, 6.07) is -0.0711. The van der Waals surface area contributed by atoms with Crippen LogP contribution in [0.25, 0.3) is 0 Å².